The summed E-state index contributed by atoms with van der Waals surface area (Å²) in [6, 6.07) is 17.8. The van der Waals surface area contributed by atoms with Gasteiger partial charge >= 0.3 is 11.9 Å². The number of esters is 2. The molecule has 4 aliphatic carbocycles. The van der Waals surface area contributed by atoms with Crippen LogP contribution in [-0.2, 0) is 15.9 Å². The molecule has 31 heavy (non-hydrogen) atoms. The molecule has 2 N–H and O–H groups in total. The van der Waals surface area contributed by atoms with E-state index in [2.05, 4.69) is 0 Å². The Kier molecular flexibility index (Phi) is 5.21. The van der Waals surface area contributed by atoms with E-state index in [-0.39, 0.29) is 29.0 Å². The molecule has 0 aromatic carbocycles. The van der Waals surface area contributed by atoms with Gasteiger partial charge in [-0.05, 0) is 11.1 Å². The molecule has 0 radical (unpaired) electrons. The van der Waals surface area contributed by atoms with Crippen LogP contribution in [0.4, 0.5) is 0 Å². The third-order valence-corrected chi connectivity index (χ3v) is 5.44. The van der Waals surface area contributed by atoms with Crippen molar-refractivity contribution in [2.75, 3.05) is 14.2 Å². The van der Waals surface area contributed by atoms with Gasteiger partial charge in [0, 0.05) is 28.7 Å². The number of fused-ring (bicyclic) bond motifs is 2. The maximum Gasteiger partial charge on any atom is 0.342 e. The highest BCUT2D eigenvalue weighted by Crippen LogP contribution is 2.47. The van der Waals surface area contributed by atoms with Crippen LogP contribution in [0.5, 0.6) is 11.5 Å². The molecule has 4 rings (SSSR count). The zero-order valence-corrected chi connectivity index (χ0v) is 17.0. The molecule has 0 fully saturated rings. The Morgan fingerprint density at radius 2 is 1.00 bits per heavy atom. The second-order valence-corrected chi connectivity index (χ2v) is 7.04. The monoisotopic (exact) mass is 416 g/mol. The highest BCUT2D eigenvalue weighted by Gasteiger charge is 2.32. The van der Waals surface area contributed by atoms with Gasteiger partial charge in [-0.25, -0.2) is 9.59 Å². The molecule has 0 unspecified atom stereocenters. The van der Waals surface area contributed by atoms with Crippen molar-refractivity contribution >= 4 is 11.9 Å². The molecular formula is C25H20O6. The van der Waals surface area contributed by atoms with E-state index in [1.807, 2.05) is 12.1 Å². The summed E-state index contributed by atoms with van der Waals surface area (Å²) < 4.78 is 9.73. The number of methoxy groups -OCH3 is 2. The van der Waals surface area contributed by atoms with Crippen molar-refractivity contribution in [1.82, 2.24) is 0 Å². The highest BCUT2D eigenvalue weighted by molar-refractivity contribution is 6.05. The first-order valence-corrected chi connectivity index (χ1v) is 9.61. The Morgan fingerprint density at radius 3 is 1.35 bits per heavy atom. The third kappa shape index (κ3) is 3.22. The van der Waals surface area contributed by atoms with Crippen LogP contribution in [0.3, 0.4) is 0 Å². The minimum absolute atomic E-state index is 0.0674. The molecule has 0 aromatic heterocycles. The van der Waals surface area contributed by atoms with Gasteiger partial charge in [0.1, 0.15) is 22.6 Å². The van der Waals surface area contributed by atoms with Crippen molar-refractivity contribution < 1.29 is 29.3 Å². The third-order valence-electron chi connectivity index (χ3n) is 5.44. The van der Waals surface area contributed by atoms with Crippen molar-refractivity contribution in [3.05, 3.63) is 82.9 Å². The molecule has 0 aromatic rings. The molecule has 0 aliphatic heterocycles. The lowest BCUT2D eigenvalue weighted by atomic mass is 9.99. The zero-order chi connectivity index (χ0) is 22.1. The van der Waals surface area contributed by atoms with Crippen molar-refractivity contribution in [3.8, 4) is 33.8 Å². The molecular weight excluding hydrogens is 396 g/mol. The smallest absolute Gasteiger partial charge is 0.342 e. The molecule has 156 valence electrons. The van der Waals surface area contributed by atoms with E-state index in [1.165, 1.54) is 14.2 Å². The van der Waals surface area contributed by atoms with Gasteiger partial charge in [-0.15, -0.1) is 0 Å². The molecule has 0 atom stereocenters. The van der Waals surface area contributed by atoms with Crippen molar-refractivity contribution in [2.45, 2.75) is 6.42 Å². The lowest BCUT2D eigenvalue weighted by Gasteiger charge is -2.05. The molecule has 6 nitrogen and oxygen atoms in total. The largest absolute Gasteiger partial charge is 0.507 e. The van der Waals surface area contributed by atoms with Crippen LogP contribution in [-0.4, -0.2) is 36.4 Å². The lowest BCUT2D eigenvalue weighted by molar-refractivity contribution is 0.0589. The van der Waals surface area contributed by atoms with Crippen molar-refractivity contribution in [3.63, 3.8) is 0 Å². The molecule has 0 bridgehead atoms. The van der Waals surface area contributed by atoms with Crippen LogP contribution in [0.1, 0.15) is 31.8 Å². The van der Waals surface area contributed by atoms with E-state index in [9.17, 15) is 19.8 Å². The summed E-state index contributed by atoms with van der Waals surface area (Å²) in [5.74, 6) is -1.72. The first kappa shape index (κ1) is 20.2. The Hall–Kier alpha value is -4.06. The standard InChI is InChI=1S/C25H20O6/c1-30-24(28)20-16-11-7-3-5-9-14(16)18(22(20)26)13-19-15-10-6-4-8-12-17(15)21(23(19)27)25(29)31-2/h3-12,26-27H,13H2,1-2H3. The topological polar surface area (TPSA) is 93.1 Å². The maximum atomic E-state index is 12.4. The molecule has 0 heterocycles. The molecule has 4 aliphatic rings. The molecule has 0 saturated carbocycles. The predicted molar refractivity (Wildman–Crippen MR) is 115 cm³/mol. The lowest BCUT2D eigenvalue weighted by Crippen LogP contribution is -2.01. The second-order valence-electron chi connectivity index (χ2n) is 7.04. The SMILES string of the molecule is COC(=O)c1c2cccccc-2c(Cc2c3cccccc-3c(C(=O)OC)c2O)c1O. The van der Waals surface area contributed by atoms with E-state index >= 15 is 0 Å². The molecule has 0 saturated heterocycles. The van der Waals surface area contributed by atoms with Gasteiger partial charge in [0.05, 0.1) is 14.2 Å². The van der Waals surface area contributed by atoms with E-state index in [0.29, 0.717) is 33.4 Å². The Morgan fingerprint density at radius 1 is 0.645 bits per heavy atom. The van der Waals surface area contributed by atoms with Gasteiger partial charge in [0.15, 0.2) is 0 Å². The Labute approximate surface area is 179 Å². The summed E-state index contributed by atoms with van der Waals surface area (Å²) in [5, 5.41) is 21.9. The van der Waals surface area contributed by atoms with Crippen LogP contribution in [0.2, 0.25) is 0 Å². The number of ether oxygens (including phenoxy) is 2. The number of hydrogen-bond donors (Lipinski definition) is 2. The van der Waals surface area contributed by atoms with Crippen molar-refractivity contribution in [1.29, 1.82) is 0 Å². The van der Waals surface area contributed by atoms with E-state index < -0.39 is 11.9 Å². The molecule has 0 spiro atoms. The van der Waals surface area contributed by atoms with Crippen molar-refractivity contribution in [2.24, 2.45) is 0 Å². The van der Waals surface area contributed by atoms with Gasteiger partial charge < -0.3 is 19.7 Å². The van der Waals surface area contributed by atoms with Crippen LogP contribution in [0.15, 0.2) is 60.7 Å². The van der Waals surface area contributed by atoms with Gasteiger partial charge in [-0.3, -0.25) is 0 Å². The number of hydrogen-bond acceptors (Lipinski definition) is 6. The zero-order valence-electron chi connectivity index (χ0n) is 17.0. The predicted octanol–water partition coefficient (Wildman–Crippen LogP) is 4.47. The van der Waals surface area contributed by atoms with Gasteiger partial charge in [-0.1, -0.05) is 60.7 Å². The summed E-state index contributed by atoms with van der Waals surface area (Å²) >= 11 is 0. The molecule has 0 amide bonds. The number of rotatable bonds is 4. The number of aromatic hydroxyl groups is 2. The molecule has 6 heteroatoms. The van der Waals surface area contributed by atoms with Crippen LogP contribution >= 0.6 is 0 Å². The summed E-state index contributed by atoms with van der Waals surface area (Å²) in [5.41, 5.74) is 3.43. The van der Waals surface area contributed by atoms with Gasteiger partial charge in [0.25, 0.3) is 0 Å². The summed E-state index contributed by atoms with van der Waals surface area (Å²) in [6.07, 6.45) is 0.0900. The Balaban J connectivity index is 1.97. The summed E-state index contributed by atoms with van der Waals surface area (Å²) in [4.78, 5) is 24.8. The Bertz CT molecular complexity index is 1150. The summed E-state index contributed by atoms with van der Waals surface area (Å²) in [6.45, 7) is 0. The average Bonchev–Trinajstić information content (AvgIpc) is 2.99. The van der Waals surface area contributed by atoms with Gasteiger partial charge in [-0.2, -0.15) is 0 Å². The first-order valence-electron chi connectivity index (χ1n) is 9.61. The maximum absolute atomic E-state index is 12.4. The minimum Gasteiger partial charge on any atom is -0.507 e. The summed E-state index contributed by atoms with van der Waals surface area (Å²) in [7, 11) is 2.50. The quantitative estimate of drug-likeness (QED) is 0.477. The average molecular weight is 416 g/mol. The van der Waals surface area contributed by atoms with Gasteiger partial charge in [0.2, 0.25) is 0 Å². The first-order chi connectivity index (χ1) is 15.0. The fourth-order valence-electron chi connectivity index (χ4n) is 4.02. The van der Waals surface area contributed by atoms with E-state index in [0.717, 1.165) is 0 Å². The minimum atomic E-state index is -0.654. The van der Waals surface area contributed by atoms with Crippen LogP contribution in [0.25, 0.3) is 22.3 Å². The van der Waals surface area contributed by atoms with Crippen LogP contribution in [0, 0.1) is 0 Å². The normalized spacial score (nSPS) is 10.9. The van der Waals surface area contributed by atoms with E-state index in [1.54, 1.807) is 48.5 Å². The highest BCUT2D eigenvalue weighted by atomic mass is 16.5. The second kappa shape index (κ2) is 7.99. The fourth-order valence-corrected chi connectivity index (χ4v) is 4.02. The number of carbonyl (C=O) groups excluding carboxylic acids is 2. The fraction of sp³-hybridized carbons (Fsp3) is 0.120. The van der Waals surface area contributed by atoms with Crippen LogP contribution < -0.4 is 0 Å². The number of carbonyl (C=O) groups is 2. The van der Waals surface area contributed by atoms with E-state index in [4.69, 9.17) is 9.47 Å².